The lowest BCUT2D eigenvalue weighted by molar-refractivity contribution is 0.102. The van der Waals surface area contributed by atoms with Crippen molar-refractivity contribution < 1.29 is 9.53 Å². The Kier molecular flexibility index (Phi) is 6.21. The molecule has 28 heavy (non-hydrogen) atoms. The summed E-state index contributed by atoms with van der Waals surface area (Å²) >= 11 is 1.38. The van der Waals surface area contributed by atoms with Crippen molar-refractivity contribution in [2.45, 2.75) is 26.7 Å². The molecule has 144 valence electrons. The normalized spacial score (nSPS) is 14.2. The molecule has 0 fully saturated rings. The summed E-state index contributed by atoms with van der Waals surface area (Å²) < 4.78 is 5.06. The molecule has 0 saturated heterocycles. The summed E-state index contributed by atoms with van der Waals surface area (Å²) in [6, 6.07) is 3.32. The summed E-state index contributed by atoms with van der Waals surface area (Å²) in [7, 11) is 1.56. The number of carbonyl (C=O) groups excluding carboxylic acids is 1. The molecule has 5 nitrogen and oxygen atoms in total. The Bertz CT molecular complexity index is 981. The van der Waals surface area contributed by atoms with Crippen molar-refractivity contribution in [1.29, 1.82) is 0 Å². The number of anilines is 1. The van der Waals surface area contributed by atoms with Crippen LogP contribution in [0.25, 0.3) is 5.57 Å². The molecule has 2 heterocycles. The molecule has 0 aliphatic heterocycles. The topological polar surface area (TPSA) is 64.1 Å². The molecule has 0 unspecified atom stereocenters. The zero-order valence-corrected chi connectivity index (χ0v) is 17.1. The van der Waals surface area contributed by atoms with Crippen molar-refractivity contribution >= 4 is 27.9 Å². The lowest BCUT2D eigenvalue weighted by Gasteiger charge is -2.11. The Morgan fingerprint density at radius 1 is 1.29 bits per heavy atom. The summed E-state index contributed by atoms with van der Waals surface area (Å²) in [6.45, 7) is 8.18. The Balaban J connectivity index is 1.79. The Morgan fingerprint density at radius 3 is 2.71 bits per heavy atom. The number of hydrogen-bond donors (Lipinski definition) is 1. The first-order chi connectivity index (χ1) is 13.5. The van der Waals surface area contributed by atoms with Gasteiger partial charge in [-0.3, -0.25) is 10.1 Å². The molecular weight excluding hydrogens is 370 g/mol. The third-order valence-electron chi connectivity index (χ3n) is 4.40. The van der Waals surface area contributed by atoms with Crippen LogP contribution in [-0.2, 0) is 0 Å². The zero-order chi connectivity index (χ0) is 20.1. The number of methoxy groups -OCH3 is 1. The number of nitrogens with zero attached hydrogens (tertiary/aromatic N) is 2. The second kappa shape index (κ2) is 8.80. The first kappa shape index (κ1) is 19.8. The maximum absolute atomic E-state index is 12.4. The van der Waals surface area contributed by atoms with Gasteiger partial charge in [0.25, 0.3) is 5.91 Å². The van der Waals surface area contributed by atoms with Gasteiger partial charge in [-0.05, 0) is 61.6 Å². The lowest BCUT2D eigenvalue weighted by atomic mass is 9.94. The van der Waals surface area contributed by atoms with Crippen molar-refractivity contribution in [3.8, 4) is 5.75 Å². The highest BCUT2D eigenvalue weighted by Gasteiger charge is 2.14. The second-order valence-electron chi connectivity index (χ2n) is 6.54. The number of thiazole rings is 1. The van der Waals surface area contributed by atoms with E-state index in [1.54, 1.807) is 19.2 Å². The van der Waals surface area contributed by atoms with Crippen molar-refractivity contribution in [2.24, 2.45) is 0 Å². The van der Waals surface area contributed by atoms with Crippen LogP contribution in [0.2, 0.25) is 0 Å². The van der Waals surface area contributed by atoms with E-state index in [1.807, 2.05) is 12.3 Å². The van der Waals surface area contributed by atoms with Gasteiger partial charge in [0.15, 0.2) is 5.13 Å². The summed E-state index contributed by atoms with van der Waals surface area (Å²) in [4.78, 5) is 21.1. The predicted octanol–water partition coefficient (Wildman–Crippen LogP) is 5.43. The van der Waals surface area contributed by atoms with Gasteiger partial charge in [-0.25, -0.2) is 9.97 Å². The van der Waals surface area contributed by atoms with E-state index in [0.29, 0.717) is 16.6 Å². The molecule has 0 saturated carbocycles. The predicted molar refractivity (Wildman–Crippen MR) is 115 cm³/mol. The maximum atomic E-state index is 12.4. The highest BCUT2D eigenvalue weighted by Crippen LogP contribution is 2.30. The first-order valence-electron chi connectivity index (χ1n) is 9.00. The molecule has 0 radical (unpaired) electrons. The average Bonchev–Trinajstić information content (AvgIpc) is 3.15. The smallest absolute Gasteiger partial charge is 0.276 e. The number of aromatic nitrogens is 2. The van der Waals surface area contributed by atoms with Gasteiger partial charge in [0, 0.05) is 11.0 Å². The van der Waals surface area contributed by atoms with Gasteiger partial charge in [-0.15, -0.1) is 11.3 Å². The SMILES string of the molecule is C=C(C)/C(=C\C1=CCCC=C1C)c1csc(NC(=O)c2ccc(OC)cn2)n1. The summed E-state index contributed by atoms with van der Waals surface area (Å²) in [5, 5.41) is 5.26. The number of hydrogen-bond acceptors (Lipinski definition) is 5. The standard InChI is InChI=1S/C22H23N3O2S/c1-14(2)18(11-16-8-6-5-7-15(16)3)20-13-28-22(24-20)25-21(26)19-10-9-17(27-4)12-23-19/h7-13H,1,5-6H2,2-4H3,(H,24,25,26)/b18-11+. The number of ether oxygens (including phenoxy) is 1. The highest BCUT2D eigenvalue weighted by atomic mass is 32.1. The third-order valence-corrected chi connectivity index (χ3v) is 5.16. The number of pyridine rings is 1. The van der Waals surface area contributed by atoms with E-state index in [9.17, 15) is 4.79 Å². The van der Waals surface area contributed by atoms with Crippen LogP contribution in [0.15, 0.2) is 65.2 Å². The molecule has 2 aromatic heterocycles. The van der Waals surface area contributed by atoms with Crippen LogP contribution in [0, 0.1) is 0 Å². The van der Waals surface area contributed by atoms with Gasteiger partial charge in [-0.1, -0.05) is 18.7 Å². The minimum Gasteiger partial charge on any atom is -0.495 e. The monoisotopic (exact) mass is 393 g/mol. The molecule has 0 bridgehead atoms. The first-order valence-corrected chi connectivity index (χ1v) is 9.88. The van der Waals surface area contributed by atoms with Crippen LogP contribution in [0.1, 0.15) is 42.9 Å². The molecular formula is C22H23N3O2S. The van der Waals surface area contributed by atoms with Gasteiger partial charge in [0.1, 0.15) is 11.4 Å². The van der Waals surface area contributed by atoms with Crippen LogP contribution < -0.4 is 10.1 Å². The second-order valence-corrected chi connectivity index (χ2v) is 7.40. The van der Waals surface area contributed by atoms with E-state index in [0.717, 1.165) is 29.7 Å². The summed E-state index contributed by atoms with van der Waals surface area (Å²) in [5.41, 5.74) is 5.47. The molecule has 2 aromatic rings. The highest BCUT2D eigenvalue weighted by molar-refractivity contribution is 7.14. The van der Waals surface area contributed by atoms with Crippen LogP contribution in [-0.4, -0.2) is 23.0 Å². The fourth-order valence-electron chi connectivity index (χ4n) is 2.81. The van der Waals surface area contributed by atoms with Crippen LogP contribution in [0.5, 0.6) is 5.75 Å². The molecule has 1 aliphatic carbocycles. The van der Waals surface area contributed by atoms with E-state index in [4.69, 9.17) is 4.74 Å². The Morgan fingerprint density at radius 2 is 2.07 bits per heavy atom. The van der Waals surface area contributed by atoms with Gasteiger partial charge in [-0.2, -0.15) is 0 Å². The van der Waals surface area contributed by atoms with Crippen molar-refractivity contribution in [3.63, 3.8) is 0 Å². The van der Waals surface area contributed by atoms with Gasteiger partial charge < -0.3 is 4.74 Å². The Hall–Kier alpha value is -2.99. The minimum absolute atomic E-state index is 0.307. The van der Waals surface area contributed by atoms with Gasteiger partial charge in [0.2, 0.25) is 0 Å². The molecule has 6 heteroatoms. The molecule has 0 aromatic carbocycles. The van der Waals surface area contributed by atoms with E-state index in [-0.39, 0.29) is 5.91 Å². The Labute approximate surface area is 169 Å². The van der Waals surface area contributed by atoms with Crippen molar-refractivity contribution in [3.05, 3.63) is 76.6 Å². The molecule has 1 N–H and O–H groups in total. The largest absolute Gasteiger partial charge is 0.495 e. The number of allylic oxidation sites excluding steroid dienone is 7. The lowest BCUT2D eigenvalue weighted by Crippen LogP contribution is -2.13. The van der Waals surface area contributed by atoms with Crippen LogP contribution >= 0.6 is 11.3 Å². The molecule has 0 atom stereocenters. The third kappa shape index (κ3) is 4.64. The van der Waals surface area contributed by atoms with E-state index in [1.165, 1.54) is 28.7 Å². The van der Waals surface area contributed by atoms with Gasteiger partial charge >= 0.3 is 0 Å². The fraction of sp³-hybridized carbons (Fsp3) is 0.227. The van der Waals surface area contributed by atoms with Crippen LogP contribution in [0.4, 0.5) is 5.13 Å². The molecule has 1 aliphatic rings. The minimum atomic E-state index is -0.307. The summed E-state index contributed by atoms with van der Waals surface area (Å²) in [6.07, 6.45) is 10.2. The number of carbonyl (C=O) groups is 1. The number of amides is 1. The number of nitrogens with one attached hydrogen (secondary N) is 1. The molecule has 3 rings (SSSR count). The van der Waals surface area contributed by atoms with E-state index in [2.05, 4.69) is 47.0 Å². The molecule has 0 spiro atoms. The van der Waals surface area contributed by atoms with Crippen LogP contribution in [0.3, 0.4) is 0 Å². The zero-order valence-electron chi connectivity index (χ0n) is 16.3. The molecule has 1 amide bonds. The van der Waals surface area contributed by atoms with E-state index < -0.39 is 0 Å². The quantitative estimate of drug-likeness (QED) is 0.665. The fourth-order valence-corrected chi connectivity index (χ4v) is 3.52. The summed E-state index contributed by atoms with van der Waals surface area (Å²) in [5.74, 6) is 0.295. The van der Waals surface area contributed by atoms with Crippen molar-refractivity contribution in [2.75, 3.05) is 12.4 Å². The van der Waals surface area contributed by atoms with Gasteiger partial charge in [0.05, 0.1) is 19.0 Å². The average molecular weight is 394 g/mol. The van der Waals surface area contributed by atoms with E-state index >= 15 is 0 Å². The maximum Gasteiger partial charge on any atom is 0.276 e. The van der Waals surface area contributed by atoms with Crippen molar-refractivity contribution in [1.82, 2.24) is 9.97 Å². The number of rotatable bonds is 6.